The maximum Gasteiger partial charge on any atom is 0.231 e. The second-order valence-electron chi connectivity index (χ2n) is 7.77. The zero-order valence-corrected chi connectivity index (χ0v) is 18.7. The molecule has 0 aliphatic carbocycles. The van der Waals surface area contributed by atoms with Crippen LogP contribution in [0, 0.1) is 6.92 Å². The Morgan fingerprint density at radius 1 is 0.788 bits per heavy atom. The number of nitrogens with one attached hydrogen (secondary N) is 3. The number of benzene rings is 3. The van der Waals surface area contributed by atoms with Crippen molar-refractivity contribution in [2.24, 2.45) is 0 Å². The molecule has 0 saturated heterocycles. The summed E-state index contributed by atoms with van der Waals surface area (Å²) in [6.07, 6.45) is 0.736. The maximum atomic E-state index is 12.8. The number of rotatable bonds is 8. The van der Waals surface area contributed by atoms with Crippen molar-refractivity contribution in [2.75, 3.05) is 16.0 Å². The number of nitrogens with zero attached hydrogens (tertiary/aromatic N) is 2. The van der Waals surface area contributed by atoms with Crippen LogP contribution < -0.4 is 16.0 Å². The van der Waals surface area contributed by atoms with E-state index >= 15 is 0 Å². The third-order valence-corrected chi connectivity index (χ3v) is 5.24. The van der Waals surface area contributed by atoms with Crippen LogP contribution in [0.2, 0.25) is 0 Å². The van der Waals surface area contributed by atoms with Crippen molar-refractivity contribution in [3.63, 3.8) is 0 Å². The van der Waals surface area contributed by atoms with Gasteiger partial charge in [-0.2, -0.15) is 4.98 Å². The fourth-order valence-electron chi connectivity index (χ4n) is 3.61. The first-order valence-corrected chi connectivity index (χ1v) is 11.0. The number of carbonyl (C=O) groups is 1. The lowest BCUT2D eigenvalue weighted by Crippen LogP contribution is -2.20. The van der Waals surface area contributed by atoms with Gasteiger partial charge in [0, 0.05) is 28.8 Å². The van der Waals surface area contributed by atoms with Crippen LogP contribution in [0.25, 0.3) is 0 Å². The highest BCUT2D eigenvalue weighted by molar-refractivity contribution is 5.96. The standard InChI is InChI=1S/C27H27N5O/c1-3-24(20-10-6-4-7-11-20)26(33)30-22-14-16-23(17-15-22)31-27-28-19(2)18-25(32-27)29-21-12-8-5-9-13-21/h4-18,24H,3H2,1-2H3,(H,30,33)(H2,28,29,31,32)/t24-/m0/s1. The molecule has 0 aliphatic rings. The van der Waals surface area contributed by atoms with E-state index in [9.17, 15) is 4.79 Å². The van der Waals surface area contributed by atoms with Gasteiger partial charge in [0.1, 0.15) is 5.82 Å². The fourth-order valence-corrected chi connectivity index (χ4v) is 3.61. The Hall–Kier alpha value is -4.19. The summed E-state index contributed by atoms with van der Waals surface area (Å²) < 4.78 is 0. The Bertz CT molecular complexity index is 1190. The smallest absolute Gasteiger partial charge is 0.231 e. The predicted molar refractivity (Wildman–Crippen MR) is 134 cm³/mol. The van der Waals surface area contributed by atoms with Crippen molar-refractivity contribution >= 4 is 34.7 Å². The van der Waals surface area contributed by atoms with Gasteiger partial charge in [-0.1, -0.05) is 55.5 Å². The zero-order chi connectivity index (χ0) is 23.0. The number of carbonyl (C=O) groups excluding carboxylic acids is 1. The van der Waals surface area contributed by atoms with Crippen LogP contribution in [-0.2, 0) is 4.79 Å². The minimum absolute atomic E-state index is 0.0111. The molecule has 0 radical (unpaired) electrons. The summed E-state index contributed by atoms with van der Waals surface area (Å²) in [6.45, 7) is 3.95. The van der Waals surface area contributed by atoms with E-state index in [4.69, 9.17) is 0 Å². The summed E-state index contributed by atoms with van der Waals surface area (Å²) >= 11 is 0. The molecule has 1 amide bonds. The van der Waals surface area contributed by atoms with Crippen molar-refractivity contribution in [3.05, 3.63) is 102 Å². The van der Waals surface area contributed by atoms with Crippen molar-refractivity contribution in [1.82, 2.24) is 9.97 Å². The summed E-state index contributed by atoms with van der Waals surface area (Å²) in [5.41, 5.74) is 4.41. The van der Waals surface area contributed by atoms with Crippen LogP contribution >= 0.6 is 0 Å². The number of para-hydroxylation sites is 1. The summed E-state index contributed by atoms with van der Waals surface area (Å²) in [5, 5.41) is 9.55. The van der Waals surface area contributed by atoms with Crippen LogP contribution in [0.1, 0.15) is 30.5 Å². The highest BCUT2D eigenvalue weighted by Crippen LogP contribution is 2.23. The molecule has 0 unspecified atom stereocenters. The van der Waals surface area contributed by atoms with E-state index in [1.807, 2.05) is 105 Å². The molecule has 6 nitrogen and oxygen atoms in total. The van der Waals surface area contributed by atoms with Gasteiger partial charge in [0.05, 0.1) is 5.92 Å². The first kappa shape index (κ1) is 22.0. The average Bonchev–Trinajstić information content (AvgIpc) is 2.82. The first-order chi connectivity index (χ1) is 16.1. The monoisotopic (exact) mass is 437 g/mol. The largest absolute Gasteiger partial charge is 0.340 e. The van der Waals surface area contributed by atoms with E-state index in [0.29, 0.717) is 11.8 Å². The van der Waals surface area contributed by atoms with E-state index in [0.717, 1.165) is 34.7 Å². The Morgan fingerprint density at radius 3 is 2.06 bits per heavy atom. The van der Waals surface area contributed by atoms with Gasteiger partial charge in [0.15, 0.2) is 0 Å². The molecule has 0 aliphatic heterocycles. The van der Waals surface area contributed by atoms with E-state index in [2.05, 4.69) is 25.9 Å². The highest BCUT2D eigenvalue weighted by Gasteiger charge is 2.18. The Kier molecular flexibility index (Phi) is 6.95. The van der Waals surface area contributed by atoms with Crippen molar-refractivity contribution in [3.8, 4) is 0 Å². The molecule has 166 valence electrons. The molecule has 4 rings (SSSR count). The topological polar surface area (TPSA) is 78.9 Å². The van der Waals surface area contributed by atoms with E-state index in [1.54, 1.807) is 0 Å². The second kappa shape index (κ2) is 10.4. The first-order valence-electron chi connectivity index (χ1n) is 11.0. The van der Waals surface area contributed by atoms with E-state index in [-0.39, 0.29) is 11.8 Å². The minimum Gasteiger partial charge on any atom is -0.340 e. The van der Waals surface area contributed by atoms with Crippen molar-refractivity contribution < 1.29 is 4.79 Å². The number of hydrogen-bond donors (Lipinski definition) is 3. The molecule has 4 aromatic rings. The molecule has 1 atom stereocenters. The quantitative estimate of drug-likeness (QED) is 0.297. The van der Waals surface area contributed by atoms with E-state index in [1.165, 1.54) is 0 Å². The van der Waals surface area contributed by atoms with Gasteiger partial charge in [0.2, 0.25) is 11.9 Å². The van der Waals surface area contributed by atoms with Crippen molar-refractivity contribution in [2.45, 2.75) is 26.2 Å². The average molecular weight is 438 g/mol. The lowest BCUT2D eigenvalue weighted by atomic mass is 9.95. The van der Waals surface area contributed by atoms with Gasteiger partial charge in [-0.15, -0.1) is 0 Å². The summed E-state index contributed by atoms with van der Waals surface area (Å²) in [5.74, 6) is 1.02. The molecular formula is C27H27N5O. The molecule has 33 heavy (non-hydrogen) atoms. The minimum atomic E-state index is -0.180. The normalized spacial score (nSPS) is 11.5. The highest BCUT2D eigenvalue weighted by atomic mass is 16.1. The molecule has 0 fully saturated rings. The number of anilines is 5. The van der Waals surface area contributed by atoms with Crippen LogP contribution in [0.3, 0.4) is 0 Å². The van der Waals surface area contributed by atoms with Gasteiger partial charge in [0.25, 0.3) is 0 Å². The van der Waals surface area contributed by atoms with Gasteiger partial charge in [-0.3, -0.25) is 4.79 Å². The van der Waals surface area contributed by atoms with Gasteiger partial charge in [-0.25, -0.2) is 4.98 Å². The van der Waals surface area contributed by atoms with Crippen LogP contribution in [0.5, 0.6) is 0 Å². The summed E-state index contributed by atoms with van der Waals surface area (Å²) in [4.78, 5) is 21.8. The SMILES string of the molecule is CC[C@H](C(=O)Nc1ccc(Nc2nc(C)cc(Nc3ccccc3)n2)cc1)c1ccccc1. The van der Waals surface area contributed by atoms with Gasteiger partial charge < -0.3 is 16.0 Å². The third kappa shape index (κ3) is 5.95. The maximum absolute atomic E-state index is 12.8. The summed E-state index contributed by atoms with van der Waals surface area (Å²) in [6, 6.07) is 29.2. The number of aromatic nitrogens is 2. The number of hydrogen-bond acceptors (Lipinski definition) is 5. The molecule has 6 heteroatoms. The third-order valence-electron chi connectivity index (χ3n) is 5.24. The lowest BCUT2D eigenvalue weighted by molar-refractivity contribution is -0.117. The van der Waals surface area contributed by atoms with Crippen LogP contribution in [0.15, 0.2) is 91.0 Å². The van der Waals surface area contributed by atoms with E-state index < -0.39 is 0 Å². The second-order valence-corrected chi connectivity index (χ2v) is 7.77. The number of aryl methyl sites for hydroxylation is 1. The molecule has 0 bridgehead atoms. The van der Waals surface area contributed by atoms with Gasteiger partial charge >= 0.3 is 0 Å². The fraction of sp³-hybridized carbons (Fsp3) is 0.148. The van der Waals surface area contributed by atoms with Crippen LogP contribution in [0.4, 0.5) is 28.8 Å². The predicted octanol–water partition coefficient (Wildman–Crippen LogP) is 6.40. The Morgan fingerprint density at radius 2 is 1.39 bits per heavy atom. The molecule has 3 N–H and O–H groups in total. The molecule has 3 aromatic carbocycles. The Labute approximate surface area is 194 Å². The van der Waals surface area contributed by atoms with Crippen LogP contribution in [-0.4, -0.2) is 15.9 Å². The lowest BCUT2D eigenvalue weighted by Gasteiger charge is -2.16. The van der Waals surface area contributed by atoms with Crippen molar-refractivity contribution in [1.29, 1.82) is 0 Å². The van der Waals surface area contributed by atoms with Gasteiger partial charge in [-0.05, 0) is 55.3 Å². The molecule has 1 aromatic heterocycles. The summed E-state index contributed by atoms with van der Waals surface area (Å²) in [7, 11) is 0. The molecular weight excluding hydrogens is 410 g/mol. The molecule has 0 saturated carbocycles. The Balaban J connectivity index is 1.42. The molecule has 0 spiro atoms. The molecule has 1 heterocycles. The zero-order valence-electron chi connectivity index (χ0n) is 18.7. The number of amides is 1.